The van der Waals surface area contributed by atoms with Crippen LogP contribution in [0.1, 0.15) is 50.6 Å². The van der Waals surface area contributed by atoms with Gasteiger partial charge in [0.15, 0.2) is 0 Å². The Hall–Kier alpha value is -1.09. The van der Waals surface area contributed by atoms with Crippen molar-refractivity contribution >= 4 is 0 Å². The summed E-state index contributed by atoms with van der Waals surface area (Å²) < 4.78 is 19.4. The summed E-state index contributed by atoms with van der Waals surface area (Å²) in [5.41, 5.74) is 7.16. The second kappa shape index (κ2) is 5.12. The molecule has 1 fully saturated rings. The number of ether oxygens (including phenoxy) is 1. The van der Waals surface area contributed by atoms with E-state index in [1.807, 2.05) is 0 Å². The average Bonchev–Trinajstić information content (AvgIpc) is 2.38. The van der Waals surface area contributed by atoms with Crippen LogP contribution in [-0.2, 0) is 0 Å². The number of fused-ring (bicyclic) bond motifs is 1. The van der Waals surface area contributed by atoms with Gasteiger partial charge in [-0.1, -0.05) is 25.8 Å². The quantitative estimate of drug-likeness (QED) is 0.836. The fourth-order valence-electron chi connectivity index (χ4n) is 3.45. The van der Waals surface area contributed by atoms with Crippen molar-refractivity contribution in [3.8, 4) is 5.75 Å². The molecule has 1 aromatic rings. The van der Waals surface area contributed by atoms with E-state index in [9.17, 15) is 4.39 Å². The van der Waals surface area contributed by atoms with Crippen molar-refractivity contribution in [1.29, 1.82) is 0 Å². The van der Waals surface area contributed by atoms with Gasteiger partial charge in [-0.3, -0.25) is 0 Å². The smallest absolute Gasteiger partial charge is 0.127 e. The fraction of sp³-hybridized carbons (Fsp3) is 0.625. The van der Waals surface area contributed by atoms with Crippen molar-refractivity contribution < 1.29 is 9.13 Å². The molecule has 1 aromatic carbocycles. The predicted octanol–water partition coefficient (Wildman–Crippen LogP) is 3.80. The zero-order valence-corrected chi connectivity index (χ0v) is 11.4. The lowest BCUT2D eigenvalue weighted by atomic mass is 9.77. The van der Waals surface area contributed by atoms with Gasteiger partial charge in [0.25, 0.3) is 0 Å². The van der Waals surface area contributed by atoms with E-state index in [2.05, 4.69) is 6.92 Å². The molecule has 1 saturated carbocycles. The molecular weight excluding hydrogens is 241 g/mol. The summed E-state index contributed by atoms with van der Waals surface area (Å²) in [5.74, 6) is 1.82. The third-order valence-corrected chi connectivity index (χ3v) is 4.73. The molecule has 0 aromatic heterocycles. The van der Waals surface area contributed by atoms with E-state index < -0.39 is 0 Å². The van der Waals surface area contributed by atoms with Gasteiger partial charge in [-0.2, -0.15) is 0 Å². The third-order valence-electron chi connectivity index (χ3n) is 4.73. The Balaban J connectivity index is 1.76. The van der Waals surface area contributed by atoms with E-state index in [0.29, 0.717) is 11.7 Å². The number of benzene rings is 1. The van der Waals surface area contributed by atoms with E-state index >= 15 is 0 Å². The van der Waals surface area contributed by atoms with Gasteiger partial charge in [0.05, 0.1) is 0 Å². The summed E-state index contributed by atoms with van der Waals surface area (Å²) in [6.45, 7) is 2.31. The second-order valence-electron chi connectivity index (χ2n) is 6.20. The maximum atomic E-state index is 13.3. The predicted molar refractivity (Wildman–Crippen MR) is 73.5 cm³/mol. The topological polar surface area (TPSA) is 35.2 Å². The first kappa shape index (κ1) is 12.9. The maximum Gasteiger partial charge on any atom is 0.127 e. The van der Waals surface area contributed by atoms with E-state index in [0.717, 1.165) is 17.9 Å². The molecule has 3 rings (SSSR count). The summed E-state index contributed by atoms with van der Waals surface area (Å²) in [4.78, 5) is 0. The normalized spacial score (nSPS) is 34.5. The number of hydrogen-bond donors (Lipinski definition) is 1. The molecule has 1 heterocycles. The van der Waals surface area contributed by atoms with Crippen molar-refractivity contribution in [3.63, 3.8) is 0 Å². The number of rotatable bonds is 1. The maximum absolute atomic E-state index is 13.3. The molecule has 0 radical (unpaired) electrons. The zero-order valence-electron chi connectivity index (χ0n) is 11.4. The Bertz CT molecular complexity index is 454. The SMILES string of the molecule is CC1CCC(C2C[C@@H](N)c3ccc(F)cc3O2)CC1. The molecule has 1 unspecified atom stereocenters. The Morgan fingerprint density at radius 2 is 1.95 bits per heavy atom. The van der Waals surface area contributed by atoms with Gasteiger partial charge in [-0.25, -0.2) is 4.39 Å². The summed E-state index contributed by atoms with van der Waals surface area (Å²) in [6.07, 6.45) is 5.99. The van der Waals surface area contributed by atoms with Crippen LogP contribution in [0.15, 0.2) is 18.2 Å². The molecule has 1 aliphatic carbocycles. The molecular formula is C16H22FNO. The van der Waals surface area contributed by atoms with Crippen molar-refractivity contribution in [1.82, 2.24) is 0 Å². The Kier molecular flexibility index (Phi) is 3.48. The first-order valence-electron chi connectivity index (χ1n) is 7.35. The molecule has 0 bridgehead atoms. The largest absolute Gasteiger partial charge is 0.490 e. The number of nitrogens with two attached hydrogens (primary N) is 1. The molecule has 2 aliphatic rings. The molecule has 19 heavy (non-hydrogen) atoms. The van der Waals surface area contributed by atoms with Crippen LogP contribution in [0, 0.1) is 17.7 Å². The van der Waals surface area contributed by atoms with Crippen LogP contribution < -0.4 is 10.5 Å². The minimum atomic E-state index is -0.246. The molecule has 0 spiro atoms. The highest BCUT2D eigenvalue weighted by atomic mass is 19.1. The van der Waals surface area contributed by atoms with Gasteiger partial charge in [-0.15, -0.1) is 0 Å². The van der Waals surface area contributed by atoms with Crippen molar-refractivity contribution in [2.75, 3.05) is 0 Å². The monoisotopic (exact) mass is 263 g/mol. The molecule has 2 atom stereocenters. The van der Waals surface area contributed by atoms with Crippen LogP contribution in [0.4, 0.5) is 4.39 Å². The van der Waals surface area contributed by atoms with Gasteiger partial charge >= 0.3 is 0 Å². The lowest BCUT2D eigenvalue weighted by Gasteiger charge is -2.38. The Morgan fingerprint density at radius 3 is 2.68 bits per heavy atom. The molecule has 2 nitrogen and oxygen atoms in total. The fourth-order valence-corrected chi connectivity index (χ4v) is 3.45. The minimum absolute atomic E-state index is 0.0197. The first-order chi connectivity index (χ1) is 9.13. The molecule has 0 amide bonds. The van der Waals surface area contributed by atoms with Crippen LogP contribution in [0.5, 0.6) is 5.75 Å². The van der Waals surface area contributed by atoms with E-state index in [4.69, 9.17) is 10.5 Å². The van der Waals surface area contributed by atoms with Gasteiger partial charge in [0.1, 0.15) is 17.7 Å². The Labute approximate surface area is 114 Å². The summed E-state index contributed by atoms with van der Waals surface area (Å²) in [5, 5.41) is 0. The highest BCUT2D eigenvalue weighted by Gasteiger charge is 2.33. The van der Waals surface area contributed by atoms with Crippen molar-refractivity contribution in [3.05, 3.63) is 29.6 Å². The standard InChI is InChI=1S/C16H22FNO/c1-10-2-4-11(5-3-10)15-9-14(18)13-7-6-12(17)8-16(13)19-15/h6-8,10-11,14-15H,2-5,9,18H2,1H3/t10?,11?,14-,15?/m1/s1. The van der Waals surface area contributed by atoms with Crippen LogP contribution in [-0.4, -0.2) is 6.10 Å². The van der Waals surface area contributed by atoms with Gasteiger partial charge in [-0.05, 0) is 30.7 Å². The van der Waals surface area contributed by atoms with Crippen LogP contribution in [0.2, 0.25) is 0 Å². The van der Waals surface area contributed by atoms with Crippen LogP contribution >= 0.6 is 0 Å². The molecule has 2 N–H and O–H groups in total. The number of hydrogen-bond acceptors (Lipinski definition) is 2. The van der Waals surface area contributed by atoms with Crippen molar-refractivity contribution in [2.24, 2.45) is 17.6 Å². The molecule has 3 heteroatoms. The lowest BCUT2D eigenvalue weighted by Crippen LogP contribution is -2.37. The van der Waals surface area contributed by atoms with Crippen LogP contribution in [0.25, 0.3) is 0 Å². The summed E-state index contributed by atoms with van der Waals surface area (Å²) >= 11 is 0. The first-order valence-corrected chi connectivity index (χ1v) is 7.35. The van der Waals surface area contributed by atoms with Crippen molar-refractivity contribution in [2.45, 2.75) is 51.2 Å². The van der Waals surface area contributed by atoms with Gasteiger partial charge in [0.2, 0.25) is 0 Å². The molecule has 1 aliphatic heterocycles. The van der Waals surface area contributed by atoms with Gasteiger partial charge < -0.3 is 10.5 Å². The molecule has 0 saturated heterocycles. The molecule has 104 valence electrons. The van der Waals surface area contributed by atoms with E-state index in [1.54, 1.807) is 6.07 Å². The summed E-state index contributed by atoms with van der Waals surface area (Å²) in [6, 6.07) is 4.68. The highest BCUT2D eigenvalue weighted by Crippen LogP contribution is 2.40. The van der Waals surface area contributed by atoms with E-state index in [-0.39, 0.29) is 18.0 Å². The van der Waals surface area contributed by atoms with Gasteiger partial charge in [0, 0.05) is 24.1 Å². The minimum Gasteiger partial charge on any atom is -0.490 e. The average molecular weight is 263 g/mol. The lowest BCUT2D eigenvalue weighted by molar-refractivity contribution is 0.0699. The third kappa shape index (κ3) is 2.62. The number of halogens is 1. The zero-order chi connectivity index (χ0) is 13.4. The Morgan fingerprint density at radius 1 is 1.21 bits per heavy atom. The summed E-state index contributed by atoms with van der Waals surface area (Å²) in [7, 11) is 0. The highest BCUT2D eigenvalue weighted by molar-refractivity contribution is 5.38. The second-order valence-corrected chi connectivity index (χ2v) is 6.20. The van der Waals surface area contributed by atoms with Crippen LogP contribution in [0.3, 0.4) is 0 Å². The van der Waals surface area contributed by atoms with E-state index in [1.165, 1.54) is 37.8 Å².